The number of hydrogen-bond acceptors (Lipinski definition) is 5. The Labute approximate surface area is 133 Å². The minimum Gasteiger partial charge on any atom is -0.483 e. The van der Waals surface area contributed by atoms with E-state index >= 15 is 0 Å². The highest BCUT2D eigenvalue weighted by molar-refractivity contribution is 5.91. The molecule has 6 heteroatoms. The first-order valence-corrected chi connectivity index (χ1v) is 7.34. The zero-order chi connectivity index (χ0) is 16.2. The molecule has 0 aliphatic carbocycles. The van der Waals surface area contributed by atoms with Crippen molar-refractivity contribution >= 4 is 16.7 Å². The molecule has 6 nitrogen and oxygen atoms in total. The number of rotatable bonds is 5. The van der Waals surface area contributed by atoms with E-state index in [0.717, 1.165) is 16.5 Å². The molecule has 118 valence electrons. The first-order valence-electron chi connectivity index (χ1n) is 7.34. The lowest BCUT2D eigenvalue weighted by Crippen LogP contribution is -2.26. The van der Waals surface area contributed by atoms with Gasteiger partial charge in [0, 0.05) is 36.8 Å². The van der Waals surface area contributed by atoms with Crippen molar-refractivity contribution in [3.63, 3.8) is 0 Å². The number of benzene rings is 1. The van der Waals surface area contributed by atoms with Gasteiger partial charge in [0.1, 0.15) is 12.0 Å². The van der Waals surface area contributed by atoms with Crippen LogP contribution in [-0.4, -0.2) is 34.4 Å². The lowest BCUT2D eigenvalue weighted by molar-refractivity contribution is 0.0796. The standard InChI is InChI=1S/C17H17N3O3/c1-3-20(2)17(21)14-10-23-16(19-14)11-22-15-6-4-5-12-9-18-8-7-13(12)15/h4-10H,3,11H2,1-2H3. The number of fused-ring (bicyclic) bond motifs is 1. The molecule has 0 N–H and O–H groups in total. The second-order valence-electron chi connectivity index (χ2n) is 5.09. The van der Waals surface area contributed by atoms with Crippen molar-refractivity contribution in [2.45, 2.75) is 13.5 Å². The smallest absolute Gasteiger partial charge is 0.275 e. The molecular formula is C17H17N3O3. The summed E-state index contributed by atoms with van der Waals surface area (Å²) in [7, 11) is 1.72. The zero-order valence-electron chi connectivity index (χ0n) is 13.0. The fraction of sp³-hybridized carbons (Fsp3) is 0.235. The Morgan fingerprint density at radius 3 is 3.04 bits per heavy atom. The second kappa shape index (κ2) is 6.48. The molecule has 0 saturated carbocycles. The number of carbonyl (C=O) groups excluding carboxylic acids is 1. The van der Waals surface area contributed by atoms with Crippen LogP contribution >= 0.6 is 0 Å². The maximum Gasteiger partial charge on any atom is 0.275 e. The average molecular weight is 311 g/mol. The fourth-order valence-electron chi connectivity index (χ4n) is 2.17. The van der Waals surface area contributed by atoms with E-state index in [1.165, 1.54) is 6.26 Å². The molecule has 0 fully saturated rings. The number of amides is 1. The van der Waals surface area contributed by atoms with Gasteiger partial charge in [0.2, 0.25) is 5.89 Å². The number of pyridine rings is 1. The number of nitrogens with zero attached hydrogens (tertiary/aromatic N) is 3. The summed E-state index contributed by atoms with van der Waals surface area (Å²) in [5.74, 6) is 0.921. The Bertz CT molecular complexity index is 823. The van der Waals surface area contributed by atoms with Crippen molar-refractivity contribution in [3.05, 3.63) is 54.5 Å². The number of oxazole rings is 1. The van der Waals surface area contributed by atoms with Crippen LogP contribution in [0.1, 0.15) is 23.3 Å². The van der Waals surface area contributed by atoms with E-state index in [1.807, 2.05) is 31.2 Å². The molecule has 0 aliphatic rings. The fourth-order valence-corrected chi connectivity index (χ4v) is 2.17. The van der Waals surface area contributed by atoms with Gasteiger partial charge in [-0.3, -0.25) is 9.78 Å². The van der Waals surface area contributed by atoms with E-state index in [9.17, 15) is 4.79 Å². The van der Waals surface area contributed by atoms with E-state index in [1.54, 1.807) is 24.3 Å². The average Bonchev–Trinajstić information content (AvgIpc) is 3.07. The molecule has 0 atom stereocenters. The quantitative estimate of drug-likeness (QED) is 0.724. The lowest BCUT2D eigenvalue weighted by Gasteiger charge is -2.11. The van der Waals surface area contributed by atoms with Crippen LogP contribution in [-0.2, 0) is 6.61 Å². The number of aromatic nitrogens is 2. The summed E-state index contributed by atoms with van der Waals surface area (Å²) >= 11 is 0. The van der Waals surface area contributed by atoms with Gasteiger partial charge < -0.3 is 14.1 Å². The Morgan fingerprint density at radius 2 is 2.22 bits per heavy atom. The molecule has 2 heterocycles. The van der Waals surface area contributed by atoms with Gasteiger partial charge in [0.05, 0.1) is 0 Å². The first-order chi connectivity index (χ1) is 11.2. The maximum atomic E-state index is 12.0. The molecule has 0 aliphatic heterocycles. The third-order valence-electron chi connectivity index (χ3n) is 3.58. The van der Waals surface area contributed by atoms with Crippen molar-refractivity contribution < 1.29 is 13.9 Å². The molecule has 23 heavy (non-hydrogen) atoms. The van der Waals surface area contributed by atoms with Gasteiger partial charge in [-0.2, -0.15) is 0 Å². The Morgan fingerprint density at radius 1 is 1.35 bits per heavy atom. The van der Waals surface area contributed by atoms with Crippen LogP contribution in [0, 0.1) is 0 Å². The van der Waals surface area contributed by atoms with E-state index in [2.05, 4.69) is 9.97 Å². The van der Waals surface area contributed by atoms with Gasteiger partial charge in [-0.25, -0.2) is 4.98 Å². The molecule has 3 rings (SSSR count). The minimum atomic E-state index is -0.168. The normalized spacial score (nSPS) is 10.7. The van der Waals surface area contributed by atoms with E-state index in [-0.39, 0.29) is 18.2 Å². The van der Waals surface area contributed by atoms with Crippen LogP contribution in [0.4, 0.5) is 0 Å². The monoisotopic (exact) mass is 311 g/mol. The Hall–Kier alpha value is -2.89. The zero-order valence-corrected chi connectivity index (χ0v) is 13.0. The van der Waals surface area contributed by atoms with Gasteiger partial charge in [-0.1, -0.05) is 12.1 Å². The Balaban J connectivity index is 1.73. The summed E-state index contributed by atoms with van der Waals surface area (Å²) in [6, 6.07) is 7.64. The van der Waals surface area contributed by atoms with Crippen molar-refractivity contribution in [1.82, 2.24) is 14.9 Å². The van der Waals surface area contributed by atoms with Crippen LogP contribution in [0.5, 0.6) is 5.75 Å². The number of ether oxygens (including phenoxy) is 1. The topological polar surface area (TPSA) is 68.5 Å². The Kier molecular flexibility index (Phi) is 4.23. The van der Waals surface area contributed by atoms with Crippen molar-refractivity contribution in [2.24, 2.45) is 0 Å². The van der Waals surface area contributed by atoms with Crippen LogP contribution in [0.3, 0.4) is 0 Å². The molecule has 0 spiro atoms. The molecule has 2 aromatic heterocycles. The van der Waals surface area contributed by atoms with Crippen LogP contribution in [0.15, 0.2) is 47.3 Å². The molecular weight excluding hydrogens is 294 g/mol. The molecule has 1 amide bonds. The summed E-state index contributed by atoms with van der Waals surface area (Å²) in [6.45, 7) is 2.67. The summed E-state index contributed by atoms with van der Waals surface area (Å²) in [6.07, 6.45) is 4.86. The van der Waals surface area contributed by atoms with Gasteiger partial charge in [-0.15, -0.1) is 0 Å². The highest BCUT2D eigenvalue weighted by atomic mass is 16.5. The lowest BCUT2D eigenvalue weighted by atomic mass is 10.1. The predicted octanol–water partition coefficient (Wildman–Crippen LogP) is 2.89. The van der Waals surface area contributed by atoms with Crippen molar-refractivity contribution in [3.8, 4) is 5.75 Å². The van der Waals surface area contributed by atoms with E-state index < -0.39 is 0 Å². The molecule has 0 saturated heterocycles. The van der Waals surface area contributed by atoms with Crippen LogP contribution < -0.4 is 4.74 Å². The van der Waals surface area contributed by atoms with Gasteiger partial charge >= 0.3 is 0 Å². The maximum absolute atomic E-state index is 12.0. The number of hydrogen-bond donors (Lipinski definition) is 0. The largest absolute Gasteiger partial charge is 0.483 e. The second-order valence-corrected chi connectivity index (χ2v) is 5.09. The summed E-state index contributed by atoms with van der Waals surface area (Å²) in [5.41, 5.74) is 0.287. The first kappa shape index (κ1) is 15.0. The number of carbonyl (C=O) groups is 1. The molecule has 0 bridgehead atoms. The summed E-state index contributed by atoms with van der Waals surface area (Å²) < 4.78 is 11.1. The SMILES string of the molecule is CCN(C)C(=O)c1coc(COc2cccc3cnccc23)n1. The molecule has 1 aromatic carbocycles. The summed E-state index contributed by atoms with van der Waals surface area (Å²) in [5, 5.41) is 1.97. The van der Waals surface area contributed by atoms with Gasteiger partial charge in [-0.05, 0) is 19.1 Å². The van der Waals surface area contributed by atoms with Crippen LogP contribution in [0.25, 0.3) is 10.8 Å². The molecule has 0 radical (unpaired) electrons. The highest BCUT2D eigenvalue weighted by Gasteiger charge is 2.15. The van der Waals surface area contributed by atoms with Gasteiger partial charge in [0.15, 0.2) is 12.3 Å². The predicted molar refractivity (Wildman–Crippen MR) is 85.2 cm³/mol. The van der Waals surface area contributed by atoms with E-state index in [0.29, 0.717) is 12.4 Å². The van der Waals surface area contributed by atoms with Crippen molar-refractivity contribution in [2.75, 3.05) is 13.6 Å². The van der Waals surface area contributed by atoms with Gasteiger partial charge in [0.25, 0.3) is 5.91 Å². The molecule has 3 aromatic rings. The van der Waals surface area contributed by atoms with Crippen molar-refractivity contribution in [1.29, 1.82) is 0 Å². The van der Waals surface area contributed by atoms with Crippen LogP contribution in [0.2, 0.25) is 0 Å². The summed E-state index contributed by atoms with van der Waals surface area (Å²) in [4.78, 5) is 21.8. The third-order valence-corrected chi connectivity index (χ3v) is 3.58. The molecule has 0 unspecified atom stereocenters. The minimum absolute atomic E-state index is 0.157. The third kappa shape index (κ3) is 3.15. The van der Waals surface area contributed by atoms with E-state index in [4.69, 9.17) is 9.15 Å². The highest BCUT2D eigenvalue weighted by Crippen LogP contribution is 2.25.